The number of aliphatic carboxylic acids is 1. The molecule has 3 aromatic rings. The van der Waals surface area contributed by atoms with Gasteiger partial charge in [0.15, 0.2) is 6.61 Å². The smallest absolute Gasteiger partial charge is 0.323 e. The number of carboxylic acids is 1. The molecule has 1 saturated heterocycles. The summed E-state index contributed by atoms with van der Waals surface area (Å²) in [6.07, 6.45) is 0. The van der Waals surface area contributed by atoms with E-state index >= 15 is 0 Å². The van der Waals surface area contributed by atoms with E-state index in [9.17, 15) is 29.1 Å². The summed E-state index contributed by atoms with van der Waals surface area (Å²) < 4.78 is 10.8. The van der Waals surface area contributed by atoms with E-state index in [1.807, 2.05) is 0 Å². The van der Waals surface area contributed by atoms with Crippen LogP contribution in [0.1, 0.15) is 16.4 Å². The van der Waals surface area contributed by atoms with Gasteiger partial charge in [0, 0.05) is 16.5 Å². The number of imide groups is 1. The molecule has 13 heteroatoms. The van der Waals surface area contributed by atoms with E-state index in [1.54, 1.807) is 55.6 Å². The number of rotatable bonds is 8. The number of methoxy groups -OCH3 is 1. The molecular formula is C25H21N3O8S2. The highest BCUT2D eigenvalue weighted by Crippen LogP contribution is 2.52. The Morgan fingerprint density at radius 3 is 2.55 bits per heavy atom. The predicted molar refractivity (Wildman–Crippen MR) is 138 cm³/mol. The molecule has 0 aliphatic carbocycles. The lowest BCUT2D eigenvalue weighted by atomic mass is 9.83. The SMILES string of the molecule is COc1ccc(NC(=O)COc2cccc([C@H]3c4sc(=O)[nH]c4SC4C(=O)N(CC(=O)O)C(=O)C43)c2)cc1. The first-order valence-electron chi connectivity index (χ1n) is 11.4. The Morgan fingerprint density at radius 1 is 1.08 bits per heavy atom. The van der Waals surface area contributed by atoms with Gasteiger partial charge in [-0.15, -0.1) is 0 Å². The number of H-pyrrole nitrogens is 1. The molecule has 2 unspecified atom stereocenters. The highest BCUT2D eigenvalue weighted by molar-refractivity contribution is 8.00. The Hall–Kier alpha value is -4.10. The Morgan fingerprint density at radius 2 is 1.84 bits per heavy atom. The van der Waals surface area contributed by atoms with E-state index in [0.29, 0.717) is 32.7 Å². The number of likely N-dealkylation sites (tertiary alicyclic amines) is 1. The summed E-state index contributed by atoms with van der Waals surface area (Å²) in [7, 11) is 1.55. The molecule has 2 aromatic carbocycles. The third-order valence-corrected chi connectivity index (χ3v) is 8.57. The van der Waals surface area contributed by atoms with Gasteiger partial charge in [0.25, 0.3) is 5.91 Å². The molecule has 5 rings (SSSR count). The van der Waals surface area contributed by atoms with Crippen molar-refractivity contribution in [1.82, 2.24) is 9.88 Å². The number of benzene rings is 2. The van der Waals surface area contributed by atoms with E-state index in [0.717, 1.165) is 28.0 Å². The van der Waals surface area contributed by atoms with Crippen molar-refractivity contribution in [3.8, 4) is 11.5 Å². The third kappa shape index (κ3) is 4.89. The van der Waals surface area contributed by atoms with Gasteiger partial charge in [-0.05, 0) is 42.0 Å². The van der Waals surface area contributed by atoms with Gasteiger partial charge in [-0.1, -0.05) is 35.2 Å². The average Bonchev–Trinajstić information content (AvgIpc) is 3.38. The van der Waals surface area contributed by atoms with E-state index in [2.05, 4.69) is 10.3 Å². The summed E-state index contributed by atoms with van der Waals surface area (Å²) in [5.41, 5.74) is 1.17. The minimum atomic E-state index is -1.29. The van der Waals surface area contributed by atoms with Gasteiger partial charge in [-0.2, -0.15) is 0 Å². The molecule has 3 amide bonds. The average molecular weight is 556 g/mol. The molecule has 0 radical (unpaired) electrons. The predicted octanol–water partition coefficient (Wildman–Crippen LogP) is 2.14. The maximum absolute atomic E-state index is 13.3. The summed E-state index contributed by atoms with van der Waals surface area (Å²) in [5.74, 6) is -3.43. The lowest BCUT2D eigenvalue weighted by molar-refractivity contribution is -0.149. The van der Waals surface area contributed by atoms with Gasteiger partial charge in [0.2, 0.25) is 11.8 Å². The van der Waals surface area contributed by atoms with Crippen LogP contribution in [0.2, 0.25) is 0 Å². The fourth-order valence-corrected chi connectivity index (χ4v) is 7.08. The fourth-order valence-electron chi connectivity index (χ4n) is 4.54. The Bertz CT molecular complexity index is 1480. The highest BCUT2D eigenvalue weighted by Gasteiger charge is 2.56. The summed E-state index contributed by atoms with van der Waals surface area (Å²) >= 11 is 2.01. The maximum Gasteiger partial charge on any atom is 0.323 e. The normalized spacial score (nSPS) is 20.0. The first-order valence-corrected chi connectivity index (χ1v) is 13.1. The number of nitrogens with one attached hydrogen (secondary N) is 2. The second-order valence-corrected chi connectivity index (χ2v) is 10.7. The molecule has 1 aromatic heterocycles. The zero-order valence-electron chi connectivity index (χ0n) is 19.8. The molecule has 3 heterocycles. The van der Waals surface area contributed by atoms with E-state index in [1.165, 1.54) is 0 Å². The monoisotopic (exact) mass is 555 g/mol. The molecule has 2 aliphatic heterocycles. The van der Waals surface area contributed by atoms with E-state index in [-0.39, 0.29) is 17.4 Å². The lowest BCUT2D eigenvalue weighted by Crippen LogP contribution is -2.36. The number of ether oxygens (including phenoxy) is 2. The van der Waals surface area contributed by atoms with Crippen molar-refractivity contribution in [1.29, 1.82) is 0 Å². The van der Waals surface area contributed by atoms with Crippen LogP contribution in [0.5, 0.6) is 11.5 Å². The van der Waals surface area contributed by atoms with Crippen LogP contribution in [-0.2, 0) is 19.2 Å². The molecule has 3 atom stereocenters. The number of thioether (sulfide) groups is 1. The number of carbonyl (C=O) groups excluding carboxylic acids is 3. The molecule has 196 valence electrons. The van der Waals surface area contributed by atoms with Crippen LogP contribution in [0.3, 0.4) is 0 Å². The molecule has 1 fully saturated rings. The number of aromatic amines is 1. The van der Waals surface area contributed by atoms with Gasteiger partial charge in [-0.25, -0.2) is 0 Å². The number of aromatic nitrogens is 1. The summed E-state index contributed by atoms with van der Waals surface area (Å²) in [5, 5.41) is 11.5. The Balaban J connectivity index is 1.38. The number of nitrogens with zero attached hydrogens (tertiary/aromatic N) is 1. The van der Waals surface area contributed by atoms with Crippen molar-refractivity contribution in [2.24, 2.45) is 5.92 Å². The van der Waals surface area contributed by atoms with E-state index in [4.69, 9.17) is 9.47 Å². The first-order chi connectivity index (χ1) is 18.2. The number of hydrogen-bond donors (Lipinski definition) is 3. The van der Waals surface area contributed by atoms with Gasteiger partial charge < -0.3 is 24.9 Å². The van der Waals surface area contributed by atoms with Crippen molar-refractivity contribution in [2.75, 3.05) is 25.6 Å². The van der Waals surface area contributed by atoms with Gasteiger partial charge in [0.05, 0.1) is 18.1 Å². The molecule has 0 saturated carbocycles. The molecular weight excluding hydrogens is 534 g/mol. The maximum atomic E-state index is 13.3. The van der Waals surface area contributed by atoms with Crippen molar-refractivity contribution < 1.29 is 33.8 Å². The number of anilines is 1. The van der Waals surface area contributed by atoms with Crippen molar-refractivity contribution in [3.05, 3.63) is 68.6 Å². The van der Waals surface area contributed by atoms with Crippen LogP contribution < -0.4 is 19.7 Å². The minimum absolute atomic E-state index is 0.283. The van der Waals surface area contributed by atoms with Crippen molar-refractivity contribution >= 4 is 52.5 Å². The Labute approximate surface area is 223 Å². The number of hydrogen-bond acceptors (Lipinski definition) is 9. The van der Waals surface area contributed by atoms with Gasteiger partial charge in [-0.3, -0.25) is 28.9 Å². The largest absolute Gasteiger partial charge is 0.497 e. The summed E-state index contributed by atoms with van der Waals surface area (Å²) in [4.78, 5) is 65.8. The van der Waals surface area contributed by atoms with Crippen molar-refractivity contribution in [2.45, 2.75) is 16.2 Å². The number of amides is 3. The molecule has 0 bridgehead atoms. The van der Waals surface area contributed by atoms with E-state index < -0.39 is 41.4 Å². The standard InChI is InChI=1S/C25H21N3O8S2/c1-35-14-7-5-13(6-8-14)26-16(29)11-36-15-4-2-3-12(9-15)18-19-21(37-22-20(18)38-25(34)27-22)24(33)28(23(19)32)10-17(30)31/h2-9,18-19,21H,10-11H2,1H3,(H,26,29)(H,27,34)(H,30,31)/t18-,19?,21?/m1/s1. The number of carbonyl (C=O) groups is 4. The number of thiazole rings is 1. The van der Waals surface area contributed by atoms with Crippen molar-refractivity contribution in [3.63, 3.8) is 0 Å². The number of fused-ring (bicyclic) bond motifs is 2. The minimum Gasteiger partial charge on any atom is -0.497 e. The highest BCUT2D eigenvalue weighted by atomic mass is 32.2. The van der Waals surface area contributed by atoms with Crippen LogP contribution in [0.15, 0.2) is 58.4 Å². The zero-order chi connectivity index (χ0) is 27.0. The van der Waals surface area contributed by atoms with Crippen LogP contribution in [-0.4, -0.2) is 64.2 Å². The molecule has 0 spiro atoms. The summed E-state index contributed by atoms with van der Waals surface area (Å²) in [6.45, 7) is -1.01. The molecule has 11 nitrogen and oxygen atoms in total. The fraction of sp³-hybridized carbons (Fsp3) is 0.240. The lowest BCUT2D eigenvalue weighted by Gasteiger charge is -2.30. The van der Waals surface area contributed by atoms with Crippen LogP contribution in [0.4, 0.5) is 5.69 Å². The quantitative estimate of drug-likeness (QED) is 0.355. The summed E-state index contributed by atoms with van der Waals surface area (Å²) in [6, 6.07) is 13.6. The van der Waals surface area contributed by atoms with Crippen LogP contribution in [0, 0.1) is 5.92 Å². The Kier molecular flexibility index (Phi) is 6.95. The second kappa shape index (κ2) is 10.3. The molecule has 38 heavy (non-hydrogen) atoms. The zero-order valence-corrected chi connectivity index (χ0v) is 21.5. The third-order valence-electron chi connectivity index (χ3n) is 6.17. The van der Waals surface area contributed by atoms with Gasteiger partial charge >= 0.3 is 10.8 Å². The van der Waals surface area contributed by atoms with Gasteiger partial charge in [0.1, 0.15) is 23.3 Å². The topological polar surface area (TPSA) is 155 Å². The van der Waals surface area contributed by atoms with Crippen LogP contribution >= 0.6 is 23.1 Å². The van der Waals surface area contributed by atoms with Crippen LogP contribution in [0.25, 0.3) is 0 Å². The molecule has 2 aliphatic rings. The first kappa shape index (κ1) is 25.5. The second-order valence-electron chi connectivity index (χ2n) is 8.54. The molecule has 3 N–H and O–H groups in total. The number of carboxylic acid groups (broad SMARTS) is 1.